The van der Waals surface area contributed by atoms with Crippen LogP contribution in [0.25, 0.3) is 0 Å². The molecule has 0 aliphatic heterocycles. The number of rotatable bonds is 8. The van der Waals surface area contributed by atoms with Crippen molar-refractivity contribution in [3.63, 3.8) is 0 Å². The summed E-state index contributed by atoms with van der Waals surface area (Å²) in [6, 6.07) is 9.59. The summed E-state index contributed by atoms with van der Waals surface area (Å²) >= 11 is 0. The molecule has 0 saturated carbocycles. The van der Waals surface area contributed by atoms with Crippen LogP contribution in [-0.2, 0) is 11.2 Å². The highest BCUT2D eigenvalue weighted by Gasteiger charge is 2.15. The van der Waals surface area contributed by atoms with Crippen LogP contribution in [-0.4, -0.2) is 29.7 Å². The highest BCUT2D eigenvalue weighted by molar-refractivity contribution is 5.81. The SMILES string of the molecule is CC(CCCO)NC(=O)C(N)CCc1ccccc1. The van der Waals surface area contributed by atoms with Crippen molar-refractivity contribution in [3.8, 4) is 0 Å². The van der Waals surface area contributed by atoms with Gasteiger partial charge in [0.2, 0.25) is 5.91 Å². The number of amides is 1. The zero-order valence-corrected chi connectivity index (χ0v) is 11.5. The van der Waals surface area contributed by atoms with E-state index >= 15 is 0 Å². The predicted octanol–water partition coefficient (Wildman–Crippen LogP) is 1.22. The van der Waals surface area contributed by atoms with Gasteiger partial charge in [0.05, 0.1) is 6.04 Å². The average molecular weight is 264 g/mol. The lowest BCUT2D eigenvalue weighted by Gasteiger charge is -2.17. The first kappa shape index (κ1) is 15.7. The van der Waals surface area contributed by atoms with Crippen LogP contribution in [0.4, 0.5) is 0 Å². The fourth-order valence-electron chi connectivity index (χ4n) is 1.92. The van der Waals surface area contributed by atoms with Crippen LogP contribution in [0.5, 0.6) is 0 Å². The second-order valence-corrected chi connectivity index (χ2v) is 4.91. The van der Waals surface area contributed by atoms with Crippen LogP contribution in [0.1, 0.15) is 31.7 Å². The Kier molecular flexibility index (Phi) is 7.15. The van der Waals surface area contributed by atoms with Crippen molar-refractivity contribution in [3.05, 3.63) is 35.9 Å². The highest BCUT2D eigenvalue weighted by atomic mass is 16.3. The quantitative estimate of drug-likeness (QED) is 0.661. The predicted molar refractivity (Wildman–Crippen MR) is 76.7 cm³/mol. The molecule has 4 nitrogen and oxygen atoms in total. The molecule has 0 saturated heterocycles. The molecule has 1 aromatic rings. The summed E-state index contributed by atoms with van der Waals surface area (Å²) < 4.78 is 0. The van der Waals surface area contributed by atoms with E-state index in [1.807, 2.05) is 37.3 Å². The summed E-state index contributed by atoms with van der Waals surface area (Å²) in [6.07, 6.45) is 2.91. The summed E-state index contributed by atoms with van der Waals surface area (Å²) in [6.45, 7) is 2.08. The fraction of sp³-hybridized carbons (Fsp3) is 0.533. The second-order valence-electron chi connectivity index (χ2n) is 4.91. The largest absolute Gasteiger partial charge is 0.396 e. The van der Waals surface area contributed by atoms with Gasteiger partial charge in [-0.3, -0.25) is 4.79 Å². The second kappa shape index (κ2) is 8.67. The van der Waals surface area contributed by atoms with Gasteiger partial charge in [0.1, 0.15) is 0 Å². The third-order valence-electron chi connectivity index (χ3n) is 3.11. The lowest BCUT2D eigenvalue weighted by atomic mass is 10.0. The number of hydrogen-bond acceptors (Lipinski definition) is 3. The minimum atomic E-state index is -0.475. The molecule has 0 aliphatic rings. The Labute approximate surface area is 115 Å². The number of nitrogens with two attached hydrogens (primary N) is 1. The van der Waals surface area contributed by atoms with E-state index in [-0.39, 0.29) is 18.6 Å². The monoisotopic (exact) mass is 264 g/mol. The molecule has 0 aromatic heterocycles. The molecule has 0 spiro atoms. The van der Waals surface area contributed by atoms with E-state index in [1.165, 1.54) is 5.56 Å². The molecule has 0 heterocycles. The molecule has 0 aliphatic carbocycles. The number of aliphatic hydroxyl groups is 1. The Balaban J connectivity index is 2.28. The van der Waals surface area contributed by atoms with E-state index in [9.17, 15) is 4.79 Å². The molecule has 4 N–H and O–H groups in total. The molecular weight excluding hydrogens is 240 g/mol. The smallest absolute Gasteiger partial charge is 0.237 e. The first-order chi connectivity index (χ1) is 9.13. The van der Waals surface area contributed by atoms with Crippen LogP contribution >= 0.6 is 0 Å². The molecule has 106 valence electrons. The molecule has 4 heteroatoms. The van der Waals surface area contributed by atoms with E-state index in [0.717, 1.165) is 12.8 Å². The van der Waals surface area contributed by atoms with E-state index in [0.29, 0.717) is 12.8 Å². The minimum absolute atomic E-state index is 0.0578. The summed E-state index contributed by atoms with van der Waals surface area (Å²) in [5, 5.41) is 11.6. The van der Waals surface area contributed by atoms with Gasteiger partial charge in [-0.05, 0) is 38.2 Å². The van der Waals surface area contributed by atoms with Gasteiger partial charge in [0, 0.05) is 12.6 Å². The van der Waals surface area contributed by atoms with Gasteiger partial charge >= 0.3 is 0 Å². The maximum atomic E-state index is 11.8. The normalized spacial score (nSPS) is 13.8. The highest BCUT2D eigenvalue weighted by Crippen LogP contribution is 2.04. The van der Waals surface area contributed by atoms with Gasteiger partial charge in [0.15, 0.2) is 0 Å². The number of benzene rings is 1. The number of nitrogens with one attached hydrogen (secondary N) is 1. The van der Waals surface area contributed by atoms with Crippen molar-refractivity contribution in [1.29, 1.82) is 0 Å². The van der Waals surface area contributed by atoms with Crippen LogP contribution < -0.4 is 11.1 Å². The summed E-state index contributed by atoms with van der Waals surface area (Å²) in [7, 11) is 0. The van der Waals surface area contributed by atoms with Gasteiger partial charge < -0.3 is 16.2 Å². The van der Waals surface area contributed by atoms with Crippen molar-refractivity contribution in [2.45, 2.75) is 44.7 Å². The van der Waals surface area contributed by atoms with Crippen molar-refractivity contribution < 1.29 is 9.90 Å². The van der Waals surface area contributed by atoms with Crippen molar-refractivity contribution in [2.75, 3.05) is 6.61 Å². The number of aliphatic hydroxyl groups excluding tert-OH is 1. The van der Waals surface area contributed by atoms with Crippen molar-refractivity contribution in [1.82, 2.24) is 5.32 Å². The Hall–Kier alpha value is -1.39. The maximum Gasteiger partial charge on any atom is 0.237 e. The molecule has 19 heavy (non-hydrogen) atoms. The molecule has 2 atom stereocenters. The molecule has 2 unspecified atom stereocenters. The van der Waals surface area contributed by atoms with Gasteiger partial charge in [-0.15, -0.1) is 0 Å². The zero-order valence-electron chi connectivity index (χ0n) is 11.5. The number of carbonyl (C=O) groups excluding carboxylic acids is 1. The number of hydrogen-bond donors (Lipinski definition) is 3. The van der Waals surface area contributed by atoms with Crippen molar-refractivity contribution in [2.24, 2.45) is 5.73 Å². The topological polar surface area (TPSA) is 75.3 Å². The average Bonchev–Trinajstić information content (AvgIpc) is 2.43. The van der Waals surface area contributed by atoms with Gasteiger partial charge in [0.25, 0.3) is 0 Å². The maximum absolute atomic E-state index is 11.8. The molecule has 1 amide bonds. The molecule has 1 aromatic carbocycles. The van der Waals surface area contributed by atoms with Gasteiger partial charge in [-0.1, -0.05) is 30.3 Å². The third kappa shape index (κ3) is 6.36. The first-order valence-electron chi connectivity index (χ1n) is 6.84. The first-order valence-corrected chi connectivity index (χ1v) is 6.84. The van der Waals surface area contributed by atoms with Crippen LogP contribution in [0.15, 0.2) is 30.3 Å². The van der Waals surface area contributed by atoms with Crippen LogP contribution in [0.2, 0.25) is 0 Å². The molecule has 1 rings (SSSR count). The van der Waals surface area contributed by atoms with E-state index in [1.54, 1.807) is 0 Å². The molecule has 0 radical (unpaired) electrons. The van der Waals surface area contributed by atoms with Crippen molar-refractivity contribution >= 4 is 5.91 Å². The Bertz CT molecular complexity index is 368. The zero-order chi connectivity index (χ0) is 14.1. The molecule has 0 bridgehead atoms. The van der Waals surface area contributed by atoms with E-state index in [2.05, 4.69) is 5.32 Å². The summed E-state index contributed by atoms with van der Waals surface area (Å²) in [5.41, 5.74) is 7.07. The van der Waals surface area contributed by atoms with E-state index < -0.39 is 6.04 Å². The standard InChI is InChI=1S/C15H24N2O2/c1-12(6-5-11-18)17-15(19)14(16)10-9-13-7-3-2-4-8-13/h2-4,7-8,12,14,18H,5-6,9-11,16H2,1H3,(H,17,19). The third-order valence-corrected chi connectivity index (χ3v) is 3.11. The molecular formula is C15H24N2O2. The van der Waals surface area contributed by atoms with E-state index in [4.69, 9.17) is 10.8 Å². The summed E-state index contributed by atoms with van der Waals surface area (Å²) in [4.78, 5) is 11.8. The Morgan fingerprint density at radius 1 is 1.32 bits per heavy atom. The Morgan fingerprint density at radius 3 is 2.63 bits per heavy atom. The number of carbonyl (C=O) groups is 1. The lowest BCUT2D eigenvalue weighted by Crippen LogP contribution is -2.44. The molecule has 0 fully saturated rings. The van der Waals surface area contributed by atoms with Crippen LogP contribution in [0.3, 0.4) is 0 Å². The van der Waals surface area contributed by atoms with Crippen LogP contribution in [0, 0.1) is 0 Å². The van der Waals surface area contributed by atoms with Gasteiger partial charge in [-0.25, -0.2) is 0 Å². The fourth-order valence-corrected chi connectivity index (χ4v) is 1.92. The Morgan fingerprint density at radius 2 is 2.00 bits per heavy atom. The number of aryl methyl sites for hydroxylation is 1. The summed E-state index contributed by atoms with van der Waals surface area (Å²) in [5.74, 6) is -0.110. The minimum Gasteiger partial charge on any atom is -0.396 e. The lowest BCUT2D eigenvalue weighted by molar-refractivity contribution is -0.123. The van der Waals surface area contributed by atoms with Gasteiger partial charge in [-0.2, -0.15) is 0 Å².